The van der Waals surface area contributed by atoms with Gasteiger partial charge in [-0.05, 0) is 10.0 Å². The van der Waals surface area contributed by atoms with Gasteiger partial charge in [-0.15, -0.1) is 0 Å². The lowest BCUT2D eigenvalue weighted by Crippen LogP contribution is -1.93. The molecule has 1 heterocycles. The third-order valence-corrected chi connectivity index (χ3v) is 0.992. The van der Waals surface area contributed by atoms with Crippen molar-refractivity contribution in [3.8, 4) is 0 Å². The molecule has 1 rings (SSSR count). The van der Waals surface area contributed by atoms with E-state index in [1.807, 2.05) is 0 Å². The molecule has 0 amide bonds. The zero-order valence-electron chi connectivity index (χ0n) is 4.49. The molecule has 0 aliphatic heterocycles. The Morgan fingerprint density at radius 1 is 1.90 bits per heavy atom. The van der Waals surface area contributed by atoms with Gasteiger partial charge in [0.1, 0.15) is 0 Å². The monoisotopic (exact) mass is 165 g/mol. The molecule has 54 valence electrons. The van der Waals surface area contributed by atoms with Gasteiger partial charge in [0.25, 0.3) is 0 Å². The van der Waals surface area contributed by atoms with Gasteiger partial charge in [-0.1, -0.05) is 11.6 Å². The third kappa shape index (κ3) is 1.06. The summed E-state index contributed by atoms with van der Waals surface area (Å²) in [6.45, 7) is 0. The molecule has 0 saturated carbocycles. The molecule has 7 heteroatoms. The molecular weight excluding hydrogens is 165 g/mol. The molecule has 0 fully saturated rings. The van der Waals surface area contributed by atoms with Crippen LogP contribution in [0.25, 0.3) is 0 Å². The highest BCUT2D eigenvalue weighted by molar-refractivity contribution is 6.29. The second kappa shape index (κ2) is 2.22. The van der Waals surface area contributed by atoms with Crippen LogP contribution in [0.4, 0.5) is 10.3 Å². The molecule has 1 aromatic heterocycles. The van der Waals surface area contributed by atoms with Crippen LogP contribution in [-0.2, 0) is 0 Å². The molecule has 0 aliphatic carbocycles. The number of aromatic nitrogens is 2. The fraction of sp³-hybridized carbons (Fsp3) is 0. The Balaban J connectivity index is 3.15. The minimum Gasteiger partial charge on any atom is -0.358 e. The van der Waals surface area contributed by atoms with Crippen molar-refractivity contribution in [1.82, 2.24) is 10.0 Å². The van der Waals surface area contributed by atoms with E-state index >= 15 is 0 Å². The molecule has 0 radical (unpaired) electrons. The van der Waals surface area contributed by atoms with Crippen LogP contribution < -0.4 is 0 Å². The first kappa shape index (κ1) is 6.94. The molecule has 0 unspecified atom stereocenters. The van der Waals surface area contributed by atoms with E-state index in [0.29, 0.717) is 0 Å². The molecule has 0 N–H and O–H groups in total. The first-order valence-electron chi connectivity index (χ1n) is 2.17. The molecular formula is C3HClFN3O2. The second-order valence-electron chi connectivity index (χ2n) is 1.44. The fourth-order valence-corrected chi connectivity index (χ4v) is 0.608. The van der Waals surface area contributed by atoms with Crippen molar-refractivity contribution in [2.45, 2.75) is 0 Å². The number of nitrogens with zero attached hydrogens (tertiary/aromatic N) is 3. The zero-order chi connectivity index (χ0) is 7.72. The standard InChI is InChI=1S/C3HClFN3O2/c4-2-1-3(8(9)10)7(5)6-2/h1H. The lowest BCUT2D eigenvalue weighted by atomic mass is 10.7. The number of rotatable bonds is 1. The maximum absolute atomic E-state index is 12.1. The summed E-state index contributed by atoms with van der Waals surface area (Å²) in [6.07, 6.45) is 0. The molecule has 10 heavy (non-hydrogen) atoms. The van der Waals surface area contributed by atoms with Crippen LogP contribution in [0, 0.1) is 10.1 Å². The molecule has 0 aliphatic rings. The fourth-order valence-electron chi connectivity index (χ4n) is 0.444. The Morgan fingerprint density at radius 3 is 2.70 bits per heavy atom. The second-order valence-corrected chi connectivity index (χ2v) is 1.83. The summed E-state index contributed by atoms with van der Waals surface area (Å²) in [4.78, 5) is 8.58. The quantitative estimate of drug-likeness (QED) is 0.464. The molecule has 1 aromatic rings. The molecule has 5 nitrogen and oxygen atoms in total. The van der Waals surface area contributed by atoms with E-state index in [4.69, 9.17) is 11.6 Å². The van der Waals surface area contributed by atoms with E-state index < -0.39 is 10.7 Å². The van der Waals surface area contributed by atoms with Gasteiger partial charge in [0.05, 0.1) is 11.0 Å². The average molecular weight is 166 g/mol. The Bertz CT molecular complexity index is 273. The van der Waals surface area contributed by atoms with Crippen molar-refractivity contribution in [1.29, 1.82) is 0 Å². The van der Waals surface area contributed by atoms with Gasteiger partial charge < -0.3 is 10.1 Å². The van der Waals surface area contributed by atoms with E-state index in [0.717, 1.165) is 6.07 Å². The topological polar surface area (TPSA) is 61.0 Å². The van der Waals surface area contributed by atoms with Crippen molar-refractivity contribution in [3.63, 3.8) is 0 Å². The highest BCUT2D eigenvalue weighted by atomic mass is 35.5. The van der Waals surface area contributed by atoms with Crippen LogP contribution >= 0.6 is 11.6 Å². The van der Waals surface area contributed by atoms with Gasteiger partial charge in [0.2, 0.25) is 0 Å². The Labute approximate surface area is 59.1 Å². The lowest BCUT2D eigenvalue weighted by molar-refractivity contribution is -0.395. The lowest BCUT2D eigenvalue weighted by Gasteiger charge is -1.84. The summed E-state index contributed by atoms with van der Waals surface area (Å²) in [7, 11) is 0. The highest BCUT2D eigenvalue weighted by Crippen LogP contribution is 2.16. The summed E-state index contributed by atoms with van der Waals surface area (Å²) in [5, 5.41) is 12.5. The third-order valence-electron chi connectivity index (χ3n) is 0.808. The van der Waals surface area contributed by atoms with Crippen molar-refractivity contribution in [3.05, 3.63) is 21.3 Å². The summed E-state index contributed by atoms with van der Waals surface area (Å²) in [5.41, 5.74) is 0. The number of nitro groups is 1. The predicted octanol–water partition coefficient (Wildman–Crippen LogP) is 1.18. The van der Waals surface area contributed by atoms with Crippen molar-refractivity contribution < 1.29 is 9.40 Å². The maximum atomic E-state index is 12.1. The summed E-state index contributed by atoms with van der Waals surface area (Å²) < 4.78 is 12.1. The maximum Gasteiger partial charge on any atom is 0.385 e. The largest absolute Gasteiger partial charge is 0.385 e. The van der Waals surface area contributed by atoms with E-state index in [9.17, 15) is 14.6 Å². The van der Waals surface area contributed by atoms with Gasteiger partial charge in [-0.2, -0.15) is 0 Å². The van der Waals surface area contributed by atoms with Crippen LogP contribution in [-0.4, -0.2) is 14.9 Å². The first-order chi connectivity index (χ1) is 4.61. The zero-order valence-corrected chi connectivity index (χ0v) is 5.25. The van der Waals surface area contributed by atoms with Crippen LogP contribution in [0.15, 0.2) is 6.07 Å². The van der Waals surface area contributed by atoms with Crippen LogP contribution in [0.2, 0.25) is 5.15 Å². The van der Waals surface area contributed by atoms with Crippen molar-refractivity contribution in [2.24, 2.45) is 0 Å². The van der Waals surface area contributed by atoms with E-state index in [2.05, 4.69) is 5.10 Å². The molecule has 0 saturated heterocycles. The molecule has 0 bridgehead atoms. The minimum absolute atomic E-state index is 0.241. The van der Waals surface area contributed by atoms with Gasteiger partial charge in [0, 0.05) is 4.48 Å². The van der Waals surface area contributed by atoms with Crippen LogP contribution in [0.3, 0.4) is 0 Å². The van der Waals surface area contributed by atoms with Gasteiger partial charge in [-0.3, -0.25) is 0 Å². The smallest absolute Gasteiger partial charge is 0.358 e. The van der Waals surface area contributed by atoms with Gasteiger partial charge >= 0.3 is 5.82 Å². The number of hydrogen-bond donors (Lipinski definition) is 0. The van der Waals surface area contributed by atoms with Crippen LogP contribution in [0.1, 0.15) is 0 Å². The Kier molecular flexibility index (Phi) is 1.54. The normalized spacial score (nSPS) is 9.80. The Morgan fingerprint density at radius 2 is 2.50 bits per heavy atom. The summed E-state index contributed by atoms with van der Waals surface area (Å²) in [5.74, 6) is -0.773. The van der Waals surface area contributed by atoms with E-state index in [-0.39, 0.29) is 10.1 Å². The minimum atomic E-state index is -0.918. The SMILES string of the molecule is O=[N+]([O-])c1cc(Cl)nn1F. The summed E-state index contributed by atoms with van der Waals surface area (Å²) >= 11 is 5.13. The average Bonchev–Trinajstić information content (AvgIpc) is 2.10. The first-order valence-corrected chi connectivity index (χ1v) is 2.55. The number of halogens is 2. The molecule has 0 spiro atoms. The van der Waals surface area contributed by atoms with Crippen molar-refractivity contribution >= 4 is 17.4 Å². The predicted molar refractivity (Wildman–Crippen MR) is 30.4 cm³/mol. The molecule has 0 atom stereocenters. The van der Waals surface area contributed by atoms with Crippen molar-refractivity contribution in [2.75, 3.05) is 0 Å². The van der Waals surface area contributed by atoms with E-state index in [1.54, 1.807) is 0 Å². The van der Waals surface area contributed by atoms with Gasteiger partial charge in [-0.25, -0.2) is 0 Å². The highest BCUT2D eigenvalue weighted by Gasteiger charge is 2.16. The van der Waals surface area contributed by atoms with Crippen LogP contribution in [0.5, 0.6) is 0 Å². The van der Waals surface area contributed by atoms with E-state index in [1.165, 1.54) is 0 Å². The number of hydrogen-bond acceptors (Lipinski definition) is 3. The molecule has 0 aromatic carbocycles. The Hall–Kier alpha value is -1.17. The van der Waals surface area contributed by atoms with Gasteiger partial charge in [0.15, 0.2) is 5.15 Å². The summed E-state index contributed by atoms with van der Waals surface area (Å²) in [6, 6.07) is 0.821.